The molecule has 16 heavy (non-hydrogen) atoms. The van der Waals surface area contributed by atoms with Crippen molar-refractivity contribution in [3.8, 4) is 0 Å². The molecule has 1 saturated heterocycles. The van der Waals surface area contributed by atoms with Crippen molar-refractivity contribution in [3.63, 3.8) is 0 Å². The summed E-state index contributed by atoms with van der Waals surface area (Å²) in [6.07, 6.45) is 1.99. The number of sulfonamides is 1. The molecule has 1 aromatic rings. The molecule has 0 spiro atoms. The number of benzene rings is 1. The molecule has 1 fully saturated rings. The third kappa shape index (κ3) is 2.44. The van der Waals surface area contributed by atoms with Crippen LogP contribution in [0.2, 0.25) is 0 Å². The predicted molar refractivity (Wildman–Crippen MR) is 64.6 cm³/mol. The molecule has 0 atom stereocenters. The maximum atomic E-state index is 12.1. The van der Waals surface area contributed by atoms with Crippen LogP contribution < -0.4 is 0 Å². The smallest absolute Gasteiger partial charge is 0.212 e. The second-order valence-corrected chi connectivity index (χ2v) is 6.26. The first-order valence-electron chi connectivity index (χ1n) is 5.62. The summed E-state index contributed by atoms with van der Waals surface area (Å²) in [5, 5.41) is 0. The number of aryl methyl sites for hydroxylation is 1. The van der Waals surface area contributed by atoms with E-state index in [2.05, 4.69) is 0 Å². The first-order valence-corrected chi connectivity index (χ1v) is 7.23. The van der Waals surface area contributed by atoms with E-state index in [1.165, 1.54) is 0 Å². The highest BCUT2D eigenvalue weighted by atomic mass is 32.2. The Labute approximate surface area is 97.1 Å². The Hall–Kier alpha value is -0.870. The van der Waals surface area contributed by atoms with Gasteiger partial charge in [-0.15, -0.1) is 0 Å². The van der Waals surface area contributed by atoms with Crippen LogP contribution in [0.5, 0.6) is 0 Å². The van der Waals surface area contributed by atoms with E-state index >= 15 is 0 Å². The third-order valence-corrected chi connectivity index (χ3v) is 4.89. The third-order valence-electron chi connectivity index (χ3n) is 3.06. The summed E-state index contributed by atoms with van der Waals surface area (Å²) in [6.45, 7) is 3.33. The fraction of sp³-hybridized carbons (Fsp3) is 0.500. The minimum Gasteiger partial charge on any atom is -0.212 e. The molecule has 4 heteroatoms. The van der Waals surface area contributed by atoms with Crippen molar-refractivity contribution < 1.29 is 8.42 Å². The molecular formula is C12H17NO2S. The van der Waals surface area contributed by atoms with Gasteiger partial charge in [0.2, 0.25) is 10.0 Å². The highest BCUT2D eigenvalue weighted by molar-refractivity contribution is 7.88. The van der Waals surface area contributed by atoms with E-state index in [0.29, 0.717) is 13.1 Å². The van der Waals surface area contributed by atoms with Crippen LogP contribution in [0, 0.1) is 6.92 Å². The molecule has 0 saturated carbocycles. The zero-order valence-electron chi connectivity index (χ0n) is 9.52. The van der Waals surface area contributed by atoms with Gasteiger partial charge in [-0.05, 0) is 30.9 Å². The van der Waals surface area contributed by atoms with Crippen LogP contribution in [0.4, 0.5) is 0 Å². The lowest BCUT2D eigenvalue weighted by atomic mass is 10.1. The van der Waals surface area contributed by atoms with E-state index in [9.17, 15) is 8.42 Å². The molecule has 0 aromatic heterocycles. The Balaban J connectivity index is 2.18. The molecule has 88 valence electrons. The second-order valence-electron chi connectivity index (χ2n) is 4.29. The molecular weight excluding hydrogens is 222 g/mol. The van der Waals surface area contributed by atoms with Crippen molar-refractivity contribution in [2.75, 3.05) is 13.1 Å². The van der Waals surface area contributed by atoms with Gasteiger partial charge in [-0.25, -0.2) is 12.7 Å². The normalized spacial score (nSPS) is 17.8. The van der Waals surface area contributed by atoms with Crippen molar-refractivity contribution in [3.05, 3.63) is 35.4 Å². The first kappa shape index (κ1) is 11.6. The van der Waals surface area contributed by atoms with Gasteiger partial charge in [-0.2, -0.15) is 0 Å². The van der Waals surface area contributed by atoms with E-state index in [-0.39, 0.29) is 5.75 Å². The summed E-state index contributed by atoms with van der Waals surface area (Å²) in [7, 11) is -3.10. The maximum absolute atomic E-state index is 12.1. The summed E-state index contributed by atoms with van der Waals surface area (Å²) in [5.74, 6) is 0.139. The molecule has 3 nitrogen and oxygen atoms in total. The number of rotatable bonds is 3. The SMILES string of the molecule is Cc1ccccc1CS(=O)(=O)N1CCCC1. The molecule has 1 heterocycles. The van der Waals surface area contributed by atoms with Gasteiger partial charge in [0.15, 0.2) is 0 Å². The van der Waals surface area contributed by atoms with Gasteiger partial charge in [-0.3, -0.25) is 0 Å². The van der Waals surface area contributed by atoms with Gasteiger partial charge >= 0.3 is 0 Å². The van der Waals surface area contributed by atoms with Crippen LogP contribution in [0.15, 0.2) is 24.3 Å². The van der Waals surface area contributed by atoms with Crippen LogP contribution in [-0.2, 0) is 15.8 Å². The molecule has 2 rings (SSSR count). The summed E-state index contributed by atoms with van der Waals surface area (Å²) >= 11 is 0. The number of hydrogen-bond acceptors (Lipinski definition) is 2. The summed E-state index contributed by atoms with van der Waals surface area (Å²) in [6, 6.07) is 7.67. The molecule has 0 unspecified atom stereocenters. The molecule has 0 radical (unpaired) electrons. The van der Waals surface area contributed by atoms with Crippen LogP contribution in [0.25, 0.3) is 0 Å². The fourth-order valence-corrected chi connectivity index (χ4v) is 3.74. The van der Waals surface area contributed by atoms with Gasteiger partial charge in [0.05, 0.1) is 5.75 Å². The average molecular weight is 239 g/mol. The molecule has 0 amide bonds. The standard InChI is InChI=1S/C12H17NO2S/c1-11-6-2-3-7-12(11)10-16(14,15)13-8-4-5-9-13/h2-3,6-7H,4-5,8-10H2,1H3. The summed E-state index contributed by atoms with van der Waals surface area (Å²) in [4.78, 5) is 0. The topological polar surface area (TPSA) is 37.4 Å². The van der Waals surface area contributed by atoms with Crippen LogP contribution in [0.3, 0.4) is 0 Å². The minimum atomic E-state index is -3.10. The van der Waals surface area contributed by atoms with E-state index < -0.39 is 10.0 Å². The lowest BCUT2D eigenvalue weighted by molar-refractivity contribution is 0.476. The number of nitrogens with zero attached hydrogens (tertiary/aromatic N) is 1. The molecule has 1 aliphatic rings. The lowest BCUT2D eigenvalue weighted by Gasteiger charge is -2.16. The Morgan fingerprint density at radius 2 is 1.81 bits per heavy atom. The molecule has 0 aliphatic carbocycles. The molecule has 0 N–H and O–H groups in total. The van der Waals surface area contributed by atoms with Crippen LogP contribution in [-0.4, -0.2) is 25.8 Å². The van der Waals surface area contributed by atoms with E-state index in [1.807, 2.05) is 31.2 Å². The Bertz CT molecular complexity index is 462. The zero-order valence-corrected chi connectivity index (χ0v) is 10.3. The fourth-order valence-electron chi connectivity index (χ4n) is 2.03. The van der Waals surface area contributed by atoms with Crippen LogP contribution in [0.1, 0.15) is 24.0 Å². The average Bonchev–Trinajstić information content (AvgIpc) is 2.75. The maximum Gasteiger partial charge on any atom is 0.218 e. The molecule has 1 aromatic carbocycles. The zero-order chi connectivity index (χ0) is 11.6. The van der Waals surface area contributed by atoms with Gasteiger partial charge in [0.25, 0.3) is 0 Å². The predicted octanol–water partition coefficient (Wildman–Crippen LogP) is 1.92. The van der Waals surface area contributed by atoms with Gasteiger partial charge in [-0.1, -0.05) is 24.3 Å². The second kappa shape index (κ2) is 4.55. The Kier molecular flexibility index (Phi) is 3.30. The van der Waals surface area contributed by atoms with Crippen molar-refractivity contribution >= 4 is 10.0 Å². The minimum absolute atomic E-state index is 0.139. The highest BCUT2D eigenvalue weighted by Gasteiger charge is 2.25. The van der Waals surface area contributed by atoms with Gasteiger partial charge < -0.3 is 0 Å². The van der Waals surface area contributed by atoms with E-state index in [0.717, 1.165) is 24.0 Å². The quantitative estimate of drug-likeness (QED) is 0.808. The van der Waals surface area contributed by atoms with Gasteiger partial charge in [0, 0.05) is 13.1 Å². The lowest BCUT2D eigenvalue weighted by Crippen LogP contribution is -2.29. The van der Waals surface area contributed by atoms with Crippen molar-refractivity contribution in [1.29, 1.82) is 0 Å². The Morgan fingerprint density at radius 1 is 1.19 bits per heavy atom. The van der Waals surface area contributed by atoms with Gasteiger partial charge in [0.1, 0.15) is 0 Å². The first-order chi connectivity index (χ1) is 7.59. The molecule has 1 aliphatic heterocycles. The summed E-state index contributed by atoms with van der Waals surface area (Å²) in [5.41, 5.74) is 1.96. The van der Waals surface area contributed by atoms with E-state index in [4.69, 9.17) is 0 Å². The Morgan fingerprint density at radius 3 is 2.44 bits per heavy atom. The van der Waals surface area contributed by atoms with Crippen LogP contribution >= 0.6 is 0 Å². The summed E-state index contributed by atoms with van der Waals surface area (Å²) < 4.78 is 25.8. The molecule has 0 bridgehead atoms. The monoisotopic (exact) mass is 239 g/mol. The van der Waals surface area contributed by atoms with Crippen molar-refractivity contribution in [2.45, 2.75) is 25.5 Å². The number of hydrogen-bond donors (Lipinski definition) is 0. The van der Waals surface area contributed by atoms with Crippen molar-refractivity contribution in [2.24, 2.45) is 0 Å². The van der Waals surface area contributed by atoms with Crippen molar-refractivity contribution in [1.82, 2.24) is 4.31 Å². The largest absolute Gasteiger partial charge is 0.218 e. The highest BCUT2D eigenvalue weighted by Crippen LogP contribution is 2.18. The van der Waals surface area contributed by atoms with E-state index in [1.54, 1.807) is 4.31 Å².